The number of carbonyl (C=O) groups excluding carboxylic acids is 2. The Bertz CT molecular complexity index is 1400. The largest absolute Gasteiger partial charge is 0.489 e. The minimum atomic E-state index is -0.513. The van der Waals surface area contributed by atoms with Crippen molar-refractivity contribution in [3.8, 4) is 5.75 Å². The number of benzene rings is 2. The lowest BCUT2D eigenvalue weighted by Crippen LogP contribution is -2.74. The summed E-state index contributed by atoms with van der Waals surface area (Å²) in [6.07, 6.45) is -0.424. The zero-order valence-electron chi connectivity index (χ0n) is 25.0. The highest BCUT2D eigenvalue weighted by atomic mass is 35.5. The quantitative estimate of drug-likeness (QED) is 0.374. The van der Waals surface area contributed by atoms with Gasteiger partial charge in [0.1, 0.15) is 17.5 Å². The molecule has 2 fully saturated rings. The first-order valence-corrected chi connectivity index (χ1v) is 14.5. The number of amides is 2. The van der Waals surface area contributed by atoms with Gasteiger partial charge in [0.25, 0.3) is 5.91 Å². The molecule has 2 amide bonds. The number of piperazine rings is 1. The van der Waals surface area contributed by atoms with E-state index < -0.39 is 5.60 Å². The van der Waals surface area contributed by atoms with Crippen LogP contribution in [0.3, 0.4) is 0 Å². The van der Waals surface area contributed by atoms with Gasteiger partial charge < -0.3 is 24.2 Å². The van der Waals surface area contributed by atoms with Crippen molar-refractivity contribution in [3.63, 3.8) is 0 Å². The Kier molecular flexibility index (Phi) is 7.18. The number of rotatable bonds is 4. The second-order valence-corrected chi connectivity index (χ2v) is 13.9. The molecule has 0 spiro atoms. The molecule has 1 saturated carbocycles. The molecule has 2 aliphatic heterocycles. The van der Waals surface area contributed by atoms with E-state index in [-0.39, 0.29) is 35.0 Å². The fourth-order valence-electron chi connectivity index (χ4n) is 7.21. The Hall–Kier alpha value is -3.44. The van der Waals surface area contributed by atoms with Crippen LogP contribution in [-0.2, 0) is 11.3 Å². The van der Waals surface area contributed by atoms with Gasteiger partial charge in [-0.1, -0.05) is 45.4 Å². The minimum absolute atomic E-state index is 0.0290. The van der Waals surface area contributed by atoms with Gasteiger partial charge in [-0.3, -0.25) is 4.79 Å². The number of halogens is 1. The van der Waals surface area contributed by atoms with Gasteiger partial charge in [-0.05, 0) is 56.7 Å². The van der Waals surface area contributed by atoms with Crippen LogP contribution in [0.5, 0.6) is 5.75 Å². The number of anilines is 1. The molecule has 2 heterocycles. The predicted molar refractivity (Wildman–Crippen MR) is 160 cm³/mol. The Balaban J connectivity index is 1.27. The summed E-state index contributed by atoms with van der Waals surface area (Å²) in [5.41, 5.74) is 2.10. The van der Waals surface area contributed by atoms with Crippen LogP contribution in [0, 0.1) is 17.4 Å². The van der Waals surface area contributed by atoms with E-state index in [0.717, 1.165) is 16.8 Å². The van der Waals surface area contributed by atoms with Gasteiger partial charge in [-0.25, -0.2) is 9.64 Å². The Labute approximate surface area is 248 Å². The van der Waals surface area contributed by atoms with Crippen molar-refractivity contribution in [1.82, 2.24) is 9.80 Å². The first-order valence-electron chi connectivity index (χ1n) is 14.1. The zero-order chi connectivity index (χ0) is 29.9. The van der Waals surface area contributed by atoms with Crippen LogP contribution >= 0.6 is 11.6 Å². The molecule has 0 atom stereocenters. The topological polar surface area (TPSA) is 66.7 Å². The maximum absolute atomic E-state index is 13.7. The number of carbonyl (C=O) groups is 2. The first kappa shape index (κ1) is 29.1. The monoisotopic (exact) mass is 578 g/mol. The summed E-state index contributed by atoms with van der Waals surface area (Å²) in [7, 11) is 0. The summed E-state index contributed by atoms with van der Waals surface area (Å²) < 4.78 is 12.0. The highest BCUT2D eigenvalue weighted by Gasteiger charge is 2.67. The van der Waals surface area contributed by atoms with E-state index in [9.17, 15) is 9.59 Å². The third kappa shape index (κ3) is 5.21. The van der Waals surface area contributed by atoms with E-state index in [1.807, 2.05) is 37.8 Å². The van der Waals surface area contributed by atoms with Crippen LogP contribution in [0.25, 0.3) is 4.85 Å². The van der Waals surface area contributed by atoms with Crippen molar-refractivity contribution in [3.05, 3.63) is 64.0 Å². The number of hydrogen-bond acceptors (Lipinski definition) is 5. The summed E-state index contributed by atoms with van der Waals surface area (Å²) >= 11 is 6.26. The normalized spacial score (nSPS) is 23.0. The molecular weight excluding hydrogens is 540 g/mol. The number of hydrogen-bond donors (Lipinski definition) is 0. The average molecular weight is 579 g/mol. The van der Waals surface area contributed by atoms with E-state index in [4.69, 9.17) is 27.6 Å². The van der Waals surface area contributed by atoms with Crippen LogP contribution in [0.4, 0.5) is 16.2 Å². The lowest BCUT2D eigenvalue weighted by atomic mass is 9.49. The lowest BCUT2D eigenvalue weighted by Gasteiger charge is -2.65. The predicted octanol–water partition coefficient (Wildman–Crippen LogP) is 6.79. The van der Waals surface area contributed by atoms with E-state index in [1.54, 1.807) is 23.1 Å². The van der Waals surface area contributed by atoms with Gasteiger partial charge in [-0.2, -0.15) is 0 Å². The molecule has 0 unspecified atom stereocenters. The van der Waals surface area contributed by atoms with Crippen LogP contribution in [0.2, 0.25) is 5.02 Å². The Morgan fingerprint density at radius 2 is 1.68 bits per heavy atom. The molecule has 8 nitrogen and oxygen atoms in total. The molecule has 3 aliphatic rings. The smallest absolute Gasteiger partial charge is 0.410 e. The van der Waals surface area contributed by atoms with Gasteiger partial charge in [-0.15, -0.1) is 0 Å². The molecule has 0 bridgehead atoms. The molecule has 0 aromatic heterocycles. The molecular formula is C32H39ClN4O4. The number of ether oxygens (including phenoxy) is 2. The van der Waals surface area contributed by atoms with Crippen LogP contribution in [0.1, 0.15) is 64.4 Å². The molecule has 2 aromatic carbocycles. The second-order valence-electron chi connectivity index (χ2n) is 13.5. The van der Waals surface area contributed by atoms with Gasteiger partial charge in [0.2, 0.25) is 5.69 Å². The number of fused-ring (bicyclic) bond motifs is 1. The van der Waals surface area contributed by atoms with Gasteiger partial charge >= 0.3 is 6.09 Å². The third-order valence-electron chi connectivity index (χ3n) is 8.58. The lowest BCUT2D eigenvalue weighted by molar-refractivity contribution is -0.199. The third-order valence-corrected chi connectivity index (χ3v) is 8.89. The summed E-state index contributed by atoms with van der Waals surface area (Å²) in [5.74, 6) is 0.676. The van der Waals surface area contributed by atoms with Crippen LogP contribution < -0.4 is 9.64 Å². The average Bonchev–Trinajstić information content (AvgIpc) is 3.20. The van der Waals surface area contributed by atoms with Gasteiger partial charge in [0.05, 0.1) is 11.6 Å². The molecule has 1 saturated heterocycles. The standard InChI is InChI=1S/C32H39ClN4O4/c1-30(2,3)41-29(39)36-15-13-35(14-16-36)21-9-11-23-20(17-21)19-37(26(23)38)27-31(4,5)28(32(27,6)7)40-22-10-12-25(34-8)24(33)18-22/h9-12,17-18,27-28H,13-16,19H2,1-7H3. The summed E-state index contributed by atoms with van der Waals surface area (Å²) in [4.78, 5) is 35.6. The zero-order valence-corrected chi connectivity index (χ0v) is 25.7. The Morgan fingerprint density at radius 3 is 2.27 bits per heavy atom. The first-order chi connectivity index (χ1) is 19.1. The highest BCUT2D eigenvalue weighted by Crippen LogP contribution is 2.59. The van der Waals surface area contributed by atoms with E-state index >= 15 is 0 Å². The fourth-order valence-corrected chi connectivity index (χ4v) is 7.42. The molecule has 41 heavy (non-hydrogen) atoms. The summed E-state index contributed by atoms with van der Waals surface area (Å²) in [6, 6.07) is 11.2. The van der Waals surface area contributed by atoms with Crippen molar-refractivity contribution in [2.45, 2.75) is 72.8 Å². The van der Waals surface area contributed by atoms with Crippen molar-refractivity contribution in [2.24, 2.45) is 10.8 Å². The van der Waals surface area contributed by atoms with E-state index in [2.05, 4.69) is 43.5 Å². The summed E-state index contributed by atoms with van der Waals surface area (Å²) in [5, 5.41) is 0.371. The van der Waals surface area contributed by atoms with Crippen LogP contribution in [0.15, 0.2) is 36.4 Å². The van der Waals surface area contributed by atoms with Crippen molar-refractivity contribution < 1.29 is 19.1 Å². The van der Waals surface area contributed by atoms with E-state index in [1.165, 1.54) is 0 Å². The van der Waals surface area contributed by atoms with Crippen molar-refractivity contribution in [1.29, 1.82) is 0 Å². The molecule has 9 heteroatoms. The SMILES string of the molecule is [C-]#[N+]c1ccc(OC2C(C)(C)C(N3Cc4cc(N5CCN(C(=O)OC(C)(C)C)CC5)ccc4C3=O)C2(C)C)cc1Cl. The van der Waals surface area contributed by atoms with E-state index in [0.29, 0.717) is 49.2 Å². The molecule has 5 rings (SSSR count). The summed E-state index contributed by atoms with van der Waals surface area (Å²) in [6.45, 7) is 24.6. The highest BCUT2D eigenvalue weighted by molar-refractivity contribution is 6.33. The van der Waals surface area contributed by atoms with Gasteiger partial charge in [0, 0.05) is 60.8 Å². The second kappa shape index (κ2) is 10.1. The minimum Gasteiger partial charge on any atom is -0.489 e. The van der Waals surface area contributed by atoms with Crippen molar-refractivity contribution >= 4 is 35.0 Å². The fraction of sp³-hybridized carbons (Fsp3) is 0.531. The maximum atomic E-state index is 13.7. The van der Waals surface area contributed by atoms with Gasteiger partial charge in [0.15, 0.2) is 0 Å². The Morgan fingerprint density at radius 1 is 1.02 bits per heavy atom. The molecule has 218 valence electrons. The maximum Gasteiger partial charge on any atom is 0.410 e. The molecule has 1 aliphatic carbocycles. The molecule has 0 radical (unpaired) electrons. The van der Waals surface area contributed by atoms with Crippen molar-refractivity contribution in [2.75, 3.05) is 31.1 Å². The molecule has 0 N–H and O–H groups in total. The molecule has 2 aromatic rings. The van der Waals surface area contributed by atoms with Crippen LogP contribution in [-0.4, -0.2) is 65.7 Å². The number of nitrogens with zero attached hydrogens (tertiary/aromatic N) is 4.